The van der Waals surface area contributed by atoms with Crippen LogP contribution in [0.25, 0.3) is 22.3 Å². The smallest absolute Gasteiger partial charge is 0.318 e. The number of nitrogens with one attached hydrogen (secondary N) is 2. The maximum atomic E-state index is 11.6. The second-order valence-corrected chi connectivity index (χ2v) is 8.62. The zero-order valence-electron chi connectivity index (χ0n) is 18.8. The molecule has 0 spiro atoms. The van der Waals surface area contributed by atoms with Crippen LogP contribution >= 0.6 is 0 Å². The first kappa shape index (κ1) is 22.0. The van der Waals surface area contributed by atoms with Crippen molar-refractivity contribution in [2.45, 2.75) is 39.0 Å². The van der Waals surface area contributed by atoms with Gasteiger partial charge in [0.05, 0.1) is 48.7 Å². The Kier molecular flexibility index (Phi) is 5.98. The Labute approximate surface area is 186 Å². The maximum Gasteiger partial charge on any atom is 0.318 e. The van der Waals surface area contributed by atoms with Gasteiger partial charge in [-0.15, -0.1) is 0 Å². The number of ether oxygens (including phenoxy) is 1. The number of nitrogens with zero attached hydrogens (tertiary/aromatic N) is 5. The third kappa shape index (κ3) is 4.66. The fourth-order valence-electron chi connectivity index (χ4n) is 3.70. The molecule has 0 bridgehead atoms. The highest BCUT2D eigenvalue weighted by Gasteiger charge is 2.25. The van der Waals surface area contributed by atoms with Crippen LogP contribution in [0.5, 0.6) is 0 Å². The summed E-state index contributed by atoms with van der Waals surface area (Å²) < 4.78 is 7.30. The molecule has 3 N–H and O–H groups in total. The SMILES string of the molecule is CNC(=O)Nc1ccc(-c2nc(N3CCOC[C@@H]3C)nc3c2cnn3CC(C)(C)O)cc1. The van der Waals surface area contributed by atoms with Gasteiger partial charge in [0.2, 0.25) is 5.95 Å². The molecule has 2 aromatic heterocycles. The molecule has 3 aromatic rings. The minimum absolute atomic E-state index is 0.138. The predicted octanol–water partition coefficient (Wildman–Crippen LogP) is 2.24. The molecular weight excluding hydrogens is 410 g/mol. The Hall–Kier alpha value is -3.24. The lowest BCUT2D eigenvalue weighted by molar-refractivity contribution is 0.0589. The fraction of sp³-hybridized carbons (Fsp3) is 0.455. The van der Waals surface area contributed by atoms with Gasteiger partial charge in [0.15, 0.2) is 5.65 Å². The molecule has 0 radical (unpaired) electrons. The van der Waals surface area contributed by atoms with Gasteiger partial charge in [-0.3, -0.25) is 0 Å². The van der Waals surface area contributed by atoms with E-state index in [1.807, 2.05) is 24.3 Å². The number of aliphatic hydroxyl groups is 1. The van der Waals surface area contributed by atoms with Crippen LogP contribution in [0.3, 0.4) is 0 Å². The molecule has 32 heavy (non-hydrogen) atoms. The van der Waals surface area contributed by atoms with Gasteiger partial charge in [-0.05, 0) is 32.9 Å². The molecule has 10 nitrogen and oxygen atoms in total. The Morgan fingerprint density at radius 2 is 2.03 bits per heavy atom. The van der Waals surface area contributed by atoms with Crippen molar-refractivity contribution in [2.24, 2.45) is 0 Å². The largest absolute Gasteiger partial charge is 0.389 e. The number of amides is 2. The Balaban J connectivity index is 1.80. The number of carbonyl (C=O) groups is 1. The molecule has 0 unspecified atom stereocenters. The van der Waals surface area contributed by atoms with Crippen molar-refractivity contribution in [3.8, 4) is 11.3 Å². The third-order valence-electron chi connectivity index (χ3n) is 5.29. The zero-order valence-corrected chi connectivity index (χ0v) is 18.8. The fourth-order valence-corrected chi connectivity index (χ4v) is 3.70. The molecule has 170 valence electrons. The van der Waals surface area contributed by atoms with E-state index in [4.69, 9.17) is 14.7 Å². The monoisotopic (exact) mass is 439 g/mol. The van der Waals surface area contributed by atoms with E-state index in [2.05, 4.69) is 27.6 Å². The lowest BCUT2D eigenvalue weighted by Crippen LogP contribution is -2.44. The number of aromatic nitrogens is 4. The summed E-state index contributed by atoms with van der Waals surface area (Å²) in [7, 11) is 1.57. The number of rotatable bonds is 5. The Morgan fingerprint density at radius 1 is 1.28 bits per heavy atom. The first-order valence-electron chi connectivity index (χ1n) is 10.6. The van der Waals surface area contributed by atoms with E-state index >= 15 is 0 Å². The Bertz CT molecular complexity index is 1110. The van der Waals surface area contributed by atoms with Crippen molar-refractivity contribution < 1.29 is 14.6 Å². The zero-order chi connectivity index (χ0) is 22.9. The van der Waals surface area contributed by atoms with Crippen LogP contribution in [0.15, 0.2) is 30.5 Å². The minimum Gasteiger partial charge on any atom is -0.389 e. The number of urea groups is 1. The van der Waals surface area contributed by atoms with Crippen LogP contribution < -0.4 is 15.5 Å². The molecule has 1 saturated heterocycles. The van der Waals surface area contributed by atoms with E-state index in [1.54, 1.807) is 31.8 Å². The number of anilines is 2. The first-order valence-corrected chi connectivity index (χ1v) is 10.6. The first-order chi connectivity index (χ1) is 15.2. The summed E-state index contributed by atoms with van der Waals surface area (Å²) in [6.07, 6.45) is 1.74. The molecule has 4 rings (SSSR count). The lowest BCUT2D eigenvalue weighted by atomic mass is 10.1. The molecule has 1 aliphatic heterocycles. The van der Waals surface area contributed by atoms with E-state index in [9.17, 15) is 9.90 Å². The van der Waals surface area contributed by atoms with Gasteiger partial charge in [-0.25, -0.2) is 14.5 Å². The van der Waals surface area contributed by atoms with Gasteiger partial charge in [-0.1, -0.05) is 12.1 Å². The molecule has 2 amide bonds. The van der Waals surface area contributed by atoms with Gasteiger partial charge in [0.25, 0.3) is 0 Å². The molecule has 1 aliphatic rings. The number of carbonyl (C=O) groups excluding carboxylic acids is 1. The summed E-state index contributed by atoms with van der Waals surface area (Å²) >= 11 is 0. The van der Waals surface area contributed by atoms with Crippen molar-refractivity contribution in [1.82, 2.24) is 25.1 Å². The molecule has 1 fully saturated rings. The van der Waals surface area contributed by atoms with Crippen LogP contribution in [0.2, 0.25) is 0 Å². The summed E-state index contributed by atoms with van der Waals surface area (Å²) in [5.74, 6) is 0.605. The molecule has 1 aromatic carbocycles. The van der Waals surface area contributed by atoms with Gasteiger partial charge >= 0.3 is 6.03 Å². The van der Waals surface area contributed by atoms with Gasteiger partial charge in [0, 0.05) is 24.8 Å². The van der Waals surface area contributed by atoms with Crippen molar-refractivity contribution in [3.05, 3.63) is 30.5 Å². The Morgan fingerprint density at radius 3 is 2.69 bits per heavy atom. The second-order valence-electron chi connectivity index (χ2n) is 8.62. The summed E-state index contributed by atoms with van der Waals surface area (Å²) in [6.45, 7) is 7.79. The van der Waals surface area contributed by atoms with E-state index in [-0.39, 0.29) is 12.1 Å². The molecular formula is C22H29N7O3. The van der Waals surface area contributed by atoms with Crippen LogP contribution in [0.1, 0.15) is 20.8 Å². The molecule has 0 saturated carbocycles. The normalized spacial score (nSPS) is 16.9. The number of hydrogen-bond acceptors (Lipinski definition) is 7. The van der Waals surface area contributed by atoms with Crippen molar-refractivity contribution in [1.29, 1.82) is 0 Å². The summed E-state index contributed by atoms with van der Waals surface area (Å²) in [5, 5.41) is 20.9. The van der Waals surface area contributed by atoms with E-state index in [0.717, 1.165) is 16.6 Å². The minimum atomic E-state index is -0.941. The molecule has 10 heteroatoms. The van der Waals surface area contributed by atoms with Crippen LogP contribution in [0.4, 0.5) is 16.4 Å². The third-order valence-corrected chi connectivity index (χ3v) is 5.29. The van der Waals surface area contributed by atoms with Crippen LogP contribution in [-0.4, -0.2) is 69.3 Å². The highest BCUT2D eigenvalue weighted by molar-refractivity contribution is 5.92. The second kappa shape index (κ2) is 8.71. The standard InChI is InChI=1S/C22H29N7O3/c1-14-12-32-10-9-28(14)20-26-18(15-5-7-16(8-6-15)25-21(30)23-4)17-11-24-29(19(17)27-20)13-22(2,3)31/h5-8,11,14,31H,9-10,12-13H2,1-4H3,(H2,23,25,30)/t14-/m0/s1. The van der Waals surface area contributed by atoms with Crippen molar-refractivity contribution in [2.75, 3.05) is 37.0 Å². The van der Waals surface area contributed by atoms with Gasteiger partial charge in [0.1, 0.15) is 0 Å². The van der Waals surface area contributed by atoms with E-state index in [0.29, 0.717) is 43.6 Å². The summed E-state index contributed by atoms with van der Waals surface area (Å²) in [4.78, 5) is 23.5. The number of fused-ring (bicyclic) bond motifs is 1. The van der Waals surface area contributed by atoms with E-state index in [1.165, 1.54) is 0 Å². The van der Waals surface area contributed by atoms with Crippen molar-refractivity contribution in [3.63, 3.8) is 0 Å². The number of hydrogen-bond donors (Lipinski definition) is 3. The highest BCUT2D eigenvalue weighted by Crippen LogP contribution is 2.30. The predicted molar refractivity (Wildman–Crippen MR) is 123 cm³/mol. The highest BCUT2D eigenvalue weighted by atomic mass is 16.5. The summed E-state index contributed by atoms with van der Waals surface area (Å²) in [5.41, 5.74) is 2.03. The average molecular weight is 440 g/mol. The van der Waals surface area contributed by atoms with Crippen LogP contribution in [0, 0.1) is 0 Å². The van der Waals surface area contributed by atoms with E-state index < -0.39 is 5.60 Å². The van der Waals surface area contributed by atoms with Gasteiger partial charge < -0.3 is 25.4 Å². The number of benzene rings is 1. The van der Waals surface area contributed by atoms with Gasteiger partial charge in [-0.2, -0.15) is 10.1 Å². The topological polar surface area (TPSA) is 117 Å². The maximum absolute atomic E-state index is 11.6. The number of morpholine rings is 1. The molecule has 1 atom stereocenters. The molecule has 0 aliphatic carbocycles. The summed E-state index contributed by atoms with van der Waals surface area (Å²) in [6, 6.07) is 7.34. The van der Waals surface area contributed by atoms with Crippen LogP contribution in [-0.2, 0) is 11.3 Å². The average Bonchev–Trinajstić information content (AvgIpc) is 3.15. The molecule has 3 heterocycles. The van der Waals surface area contributed by atoms with Crippen molar-refractivity contribution >= 4 is 28.7 Å². The lowest BCUT2D eigenvalue weighted by Gasteiger charge is -2.33. The quantitative estimate of drug-likeness (QED) is 0.558.